The SMILES string of the molecule is O=C(NC1CCC(CN2C(=O)C(O)(c3ccccc3)c3ccc(F)cc32)CC1)c1cc(Cl)cnc1C(F)F. The number of amides is 2. The summed E-state index contributed by atoms with van der Waals surface area (Å²) in [4.78, 5) is 31.3. The Labute approximate surface area is 222 Å². The minimum absolute atomic E-state index is 0.0332. The van der Waals surface area contributed by atoms with Gasteiger partial charge in [-0.2, -0.15) is 0 Å². The number of rotatable bonds is 6. The third-order valence-electron chi connectivity index (χ3n) is 7.35. The number of alkyl halides is 2. The number of pyridine rings is 1. The van der Waals surface area contributed by atoms with E-state index >= 15 is 0 Å². The van der Waals surface area contributed by atoms with Gasteiger partial charge >= 0.3 is 0 Å². The van der Waals surface area contributed by atoms with Crippen molar-refractivity contribution in [3.05, 3.63) is 94.0 Å². The van der Waals surface area contributed by atoms with Gasteiger partial charge < -0.3 is 15.3 Å². The molecule has 0 saturated heterocycles. The molecule has 38 heavy (non-hydrogen) atoms. The lowest BCUT2D eigenvalue weighted by atomic mass is 9.85. The molecule has 0 radical (unpaired) electrons. The van der Waals surface area contributed by atoms with E-state index < -0.39 is 35.4 Å². The zero-order chi connectivity index (χ0) is 27.0. The van der Waals surface area contributed by atoms with E-state index in [1.165, 1.54) is 29.2 Å². The predicted octanol–water partition coefficient (Wildman–Crippen LogP) is 5.38. The topological polar surface area (TPSA) is 82.5 Å². The van der Waals surface area contributed by atoms with Crippen LogP contribution in [-0.2, 0) is 10.4 Å². The third kappa shape index (κ3) is 4.76. The van der Waals surface area contributed by atoms with Gasteiger partial charge in [0.25, 0.3) is 18.2 Å². The molecule has 0 bridgehead atoms. The van der Waals surface area contributed by atoms with Crippen molar-refractivity contribution in [1.29, 1.82) is 0 Å². The van der Waals surface area contributed by atoms with Gasteiger partial charge in [0.2, 0.25) is 0 Å². The van der Waals surface area contributed by atoms with E-state index in [4.69, 9.17) is 11.6 Å². The molecule has 2 aromatic carbocycles. The van der Waals surface area contributed by atoms with Crippen molar-refractivity contribution in [3.8, 4) is 0 Å². The quantitative estimate of drug-likeness (QED) is 0.437. The van der Waals surface area contributed by atoms with Crippen LogP contribution in [0.25, 0.3) is 0 Å². The first kappa shape index (κ1) is 26.2. The molecule has 1 saturated carbocycles. The summed E-state index contributed by atoms with van der Waals surface area (Å²) in [6.45, 7) is 0.277. The number of aliphatic hydroxyl groups is 1. The lowest BCUT2D eigenvalue weighted by molar-refractivity contribution is -0.132. The summed E-state index contributed by atoms with van der Waals surface area (Å²) in [7, 11) is 0. The minimum Gasteiger partial charge on any atom is -0.372 e. The van der Waals surface area contributed by atoms with Crippen LogP contribution < -0.4 is 10.2 Å². The van der Waals surface area contributed by atoms with Gasteiger partial charge in [0, 0.05) is 24.3 Å². The number of carbonyl (C=O) groups excluding carboxylic acids is 2. The van der Waals surface area contributed by atoms with Crippen LogP contribution in [0.1, 0.15) is 59.3 Å². The Morgan fingerprint density at radius 2 is 1.84 bits per heavy atom. The number of fused-ring (bicyclic) bond motifs is 1. The maximum Gasteiger partial charge on any atom is 0.281 e. The van der Waals surface area contributed by atoms with Crippen molar-refractivity contribution in [2.45, 2.75) is 43.8 Å². The molecule has 1 aromatic heterocycles. The first-order valence-electron chi connectivity index (χ1n) is 12.3. The van der Waals surface area contributed by atoms with Crippen molar-refractivity contribution in [2.24, 2.45) is 5.92 Å². The Kier molecular flexibility index (Phi) is 7.15. The number of halogens is 4. The monoisotopic (exact) mass is 543 g/mol. The molecule has 3 aromatic rings. The molecule has 2 N–H and O–H groups in total. The first-order chi connectivity index (χ1) is 18.2. The zero-order valence-electron chi connectivity index (χ0n) is 20.2. The van der Waals surface area contributed by atoms with E-state index in [-0.39, 0.29) is 29.1 Å². The number of nitrogens with zero attached hydrogens (tertiary/aromatic N) is 2. The molecular weight excluding hydrogens is 519 g/mol. The lowest BCUT2D eigenvalue weighted by Crippen LogP contribution is -2.44. The van der Waals surface area contributed by atoms with E-state index in [1.54, 1.807) is 30.3 Å². The number of carbonyl (C=O) groups is 2. The highest BCUT2D eigenvalue weighted by Gasteiger charge is 2.51. The van der Waals surface area contributed by atoms with Gasteiger partial charge in [-0.3, -0.25) is 14.6 Å². The molecule has 1 atom stereocenters. The van der Waals surface area contributed by atoms with Crippen LogP contribution in [0.2, 0.25) is 5.02 Å². The Balaban J connectivity index is 1.28. The zero-order valence-corrected chi connectivity index (χ0v) is 21.0. The standard InChI is InChI=1S/C28H25ClF3N3O3/c29-18-12-21(24(25(31)32)33-14-18)26(36)34-20-9-6-16(7-10-20)15-35-23-13-19(30)8-11-22(23)28(38,27(35)37)17-4-2-1-3-5-17/h1-5,8,11-14,16,20,25,38H,6-7,9-10,15H2,(H,34,36). The van der Waals surface area contributed by atoms with Crippen LogP contribution in [0, 0.1) is 11.7 Å². The highest BCUT2D eigenvalue weighted by Crippen LogP contribution is 2.45. The van der Waals surface area contributed by atoms with Gasteiger partial charge in [-0.25, -0.2) is 13.2 Å². The summed E-state index contributed by atoms with van der Waals surface area (Å²) in [6, 6.07) is 13.4. The van der Waals surface area contributed by atoms with Crippen LogP contribution in [0.3, 0.4) is 0 Å². The summed E-state index contributed by atoms with van der Waals surface area (Å²) in [5, 5.41) is 14.5. The average molecular weight is 544 g/mol. The maximum absolute atomic E-state index is 14.2. The molecule has 2 amide bonds. The van der Waals surface area contributed by atoms with E-state index in [1.807, 2.05) is 0 Å². The Morgan fingerprint density at radius 1 is 1.13 bits per heavy atom. The second-order valence-corrected chi connectivity index (χ2v) is 10.2. The fourth-order valence-corrected chi connectivity index (χ4v) is 5.57. The molecule has 5 rings (SSSR count). The predicted molar refractivity (Wildman–Crippen MR) is 136 cm³/mol. The summed E-state index contributed by atoms with van der Waals surface area (Å²) >= 11 is 5.86. The van der Waals surface area contributed by atoms with Crippen LogP contribution in [0.15, 0.2) is 60.8 Å². The smallest absolute Gasteiger partial charge is 0.281 e. The molecule has 10 heteroatoms. The van der Waals surface area contributed by atoms with Crippen molar-refractivity contribution in [2.75, 3.05) is 11.4 Å². The Morgan fingerprint density at radius 3 is 2.53 bits per heavy atom. The third-order valence-corrected chi connectivity index (χ3v) is 7.55. The number of anilines is 1. The van der Waals surface area contributed by atoms with Crippen molar-refractivity contribution in [3.63, 3.8) is 0 Å². The molecule has 1 fully saturated rings. The normalized spacial score (nSPS) is 23.0. The van der Waals surface area contributed by atoms with Crippen LogP contribution in [0.5, 0.6) is 0 Å². The molecule has 6 nitrogen and oxygen atoms in total. The molecule has 1 aliphatic carbocycles. The number of hydrogen-bond donors (Lipinski definition) is 2. The van der Waals surface area contributed by atoms with Crippen LogP contribution >= 0.6 is 11.6 Å². The number of nitrogens with one attached hydrogen (secondary N) is 1. The van der Waals surface area contributed by atoms with Gasteiger partial charge in [0.15, 0.2) is 5.60 Å². The van der Waals surface area contributed by atoms with Gasteiger partial charge in [-0.05, 0) is 55.4 Å². The second kappa shape index (κ2) is 10.4. The van der Waals surface area contributed by atoms with E-state index in [0.717, 1.165) is 6.20 Å². The summed E-state index contributed by atoms with van der Waals surface area (Å²) in [6.07, 6.45) is 0.569. The molecule has 1 aliphatic heterocycles. The van der Waals surface area contributed by atoms with E-state index in [0.29, 0.717) is 42.5 Å². The molecule has 2 heterocycles. The summed E-state index contributed by atoms with van der Waals surface area (Å²) in [5.41, 5.74) is -1.71. The van der Waals surface area contributed by atoms with Gasteiger partial charge in [0.1, 0.15) is 11.5 Å². The molecule has 198 valence electrons. The van der Waals surface area contributed by atoms with Gasteiger partial charge in [0.05, 0.1) is 16.3 Å². The summed E-state index contributed by atoms with van der Waals surface area (Å²) in [5.74, 6) is -1.67. The van der Waals surface area contributed by atoms with Gasteiger partial charge in [-0.15, -0.1) is 0 Å². The average Bonchev–Trinajstić information content (AvgIpc) is 3.12. The largest absolute Gasteiger partial charge is 0.372 e. The van der Waals surface area contributed by atoms with E-state index in [9.17, 15) is 27.9 Å². The van der Waals surface area contributed by atoms with Crippen molar-refractivity contribution in [1.82, 2.24) is 10.3 Å². The lowest BCUT2D eigenvalue weighted by Gasteiger charge is -2.32. The van der Waals surface area contributed by atoms with Crippen molar-refractivity contribution < 1.29 is 27.9 Å². The highest BCUT2D eigenvalue weighted by atomic mass is 35.5. The molecular formula is C28H25ClF3N3O3. The fraction of sp³-hybridized carbons (Fsp3) is 0.321. The molecule has 1 unspecified atom stereocenters. The van der Waals surface area contributed by atoms with Crippen LogP contribution in [0.4, 0.5) is 18.9 Å². The number of benzene rings is 2. The molecule has 2 aliphatic rings. The van der Waals surface area contributed by atoms with Crippen LogP contribution in [-0.4, -0.2) is 34.5 Å². The number of hydrogen-bond acceptors (Lipinski definition) is 4. The van der Waals surface area contributed by atoms with Gasteiger partial charge in [-0.1, -0.05) is 48.0 Å². The Hall–Kier alpha value is -3.43. The first-order valence-corrected chi connectivity index (χ1v) is 12.7. The Bertz CT molecular complexity index is 1370. The maximum atomic E-state index is 14.2. The van der Waals surface area contributed by atoms with E-state index in [2.05, 4.69) is 10.3 Å². The highest BCUT2D eigenvalue weighted by molar-refractivity contribution is 6.30. The van der Waals surface area contributed by atoms with Crippen molar-refractivity contribution >= 4 is 29.1 Å². The second-order valence-electron chi connectivity index (χ2n) is 9.73. The molecule has 0 spiro atoms. The fourth-order valence-electron chi connectivity index (χ4n) is 5.41. The number of aromatic nitrogens is 1. The summed E-state index contributed by atoms with van der Waals surface area (Å²) < 4.78 is 40.8. The minimum atomic E-state index is -2.91.